The molecule has 3 heteroatoms. The highest BCUT2D eigenvalue weighted by atomic mass is 35.5. The molecule has 0 aromatic heterocycles. The number of hydrogen-bond acceptors (Lipinski definition) is 2. The number of thioether (sulfide) groups is 1. The third-order valence-electron chi connectivity index (χ3n) is 2.96. The molecule has 1 rings (SSSR count). The van der Waals surface area contributed by atoms with E-state index in [-0.39, 0.29) is 0 Å². The Kier molecular flexibility index (Phi) is 7.09. The molecule has 14 heavy (non-hydrogen) atoms. The molecule has 0 saturated heterocycles. The van der Waals surface area contributed by atoms with Crippen molar-refractivity contribution in [1.82, 2.24) is 4.90 Å². The SMILES string of the molecule is CSCCCN(CCCCl)C1CCC1. The molecule has 1 aliphatic carbocycles. The predicted octanol–water partition coefficient (Wildman–Crippen LogP) is 3.22. The van der Waals surface area contributed by atoms with Crippen molar-refractivity contribution in [1.29, 1.82) is 0 Å². The van der Waals surface area contributed by atoms with Gasteiger partial charge in [0.2, 0.25) is 0 Å². The van der Waals surface area contributed by atoms with Crippen molar-refractivity contribution < 1.29 is 0 Å². The first kappa shape index (κ1) is 12.7. The Morgan fingerprint density at radius 1 is 1.29 bits per heavy atom. The van der Waals surface area contributed by atoms with E-state index in [4.69, 9.17) is 11.6 Å². The third-order valence-corrected chi connectivity index (χ3v) is 3.93. The third kappa shape index (κ3) is 4.41. The molecule has 0 aromatic carbocycles. The quantitative estimate of drug-likeness (QED) is 0.470. The van der Waals surface area contributed by atoms with Crippen LogP contribution in [0, 0.1) is 0 Å². The molecule has 1 aliphatic rings. The van der Waals surface area contributed by atoms with Crippen molar-refractivity contribution >= 4 is 23.4 Å². The highest BCUT2D eigenvalue weighted by Crippen LogP contribution is 2.25. The Bertz CT molecular complexity index is 139. The second kappa shape index (κ2) is 7.84. The molecule has 84 valence electrons. The molecule has 0 bridgehead atoms. The maximum atomic E-state index is 5.74. The summed E-state index contributed by atoms with van der Waals surface area (Å²) in [4.78, 5) is 2.65. The van der Waals surface area contributed by atoms with E-state index in [0.717, 1.165) is 18.3 Å². The lowest BCUT2D eigenvalue weighted by molar-refractivity contribution is 0.128. The second-order valence-electron chi connectivity index (χ2n) is 4.01. The molecular weight excluding hydrogens is 214 g/mol. The zero-order valence-corrected chi connectivity index (χ0v) is 10.7. The standard InChI is InChI=1S/C11H22ClNS/c1-14-10-4-9-13(8-3-7-12)11-5-2-6-11/h11H,2-10H2,1H3. The molecule has 1 fully saturated rings. The summed E-state index contributed by atoms with van der Waals surface area (Å²) in [5.74, 6) is 2.11. The Morgan fingerprint density at radius 3 is 2.50 bits per heavy atom. The summed E-state index contributed by atoms with van der Waals surface area (Å²) in [7, 11) is 0. The molecule has 0 aromatic rings. The summed E-state index contributed by atoms with van der Waals surface area (Å²) in [5.41, 5.74) is 0. The van der Waals surface area contributed by atoms with Gasteiger partial charge in [-0.3, -0.25) is 0 Å². The van der Waals surface area contributed by atoms with Gasteiger partial charge >= 0.3 is 0 Å². The molecule has 0 N–H and O–H groups in total. The van der Waals surface area contributed by atoms with E-state index in [0.29, 0.717) is 0 Å². The summed E-state index contributed by atoms with van der Waals surface area (Å²) >= 11 is 7.69. The zero-order valence-electron chi connectivity index (χ0n) is 9.17. The van der Waals surface area contributed by atoms with Gasteiger partial charge in [0.25, 0.3) is 0 Å². The molecule has 0 heterocycles. The van der Waals surface area contributed by atoms with Gasteiger partial charge in [-0.25, -0.2) is 0 Å². The molecule has 1 nitrogen and oxygen atoms in total. The average Bonchev–Trinajstić information content (AvgIpc) is 2.11. The first-order valence-corrected chi connectivity index (χ1v) is 7.60. The highest BCUT2D eigenvalue weighted by molar-refractivity contribution is 7.98. The number of hydrogen-bond donors (Lipinski definition) is 0. The van der Waals surface area contributed by atoms with E-state index in [1.807, 2.05) is 11.8 Å². The Balaban J connectivity index is 2.14. The number of nitrogens with zero attached hydrogens (tertiary/aromatic N) is 1. The number of alkyl halides is 1. The minimum atomic E-state index is 0.811. The van der Waals surface area contributed by atoms with E-state index in [9.17, 15) is 0 Å². The average molecular weight is 236 g/mol. The van der Waals surface area contributed by atoms with E-state index in [2.05, 4.69) is 11.2 Å². The van der Waals surface area contributed by atoms with Crippen LogP contribution in [0.15, 0.2) is 0 Å². The first-order valence-electron chi connectivity index (χ1n) is 5.67. The van der Waals surface area contributed by atoms with Gasteiger partial charge in [0.15, 0.2) is 0 Å². The van der Waals surface area contributed by atoms with Crippen LogP contribution in [-0.2, 0) is 0 Å². The van der Waals surface area contributed by atoms with Crippen molar-refractivity contribution in [3.63, 3.8) is 0 Å². The highest BCUT2D eigenvalue weighted by Gasteiger charge is 2.23. The van der Waals surface area contributed by atoms with Crippen LogP contribution in [0.25, 0.3) is 0 Å². The van der Waals surface area contributed by atoms with Gasteiger partial charge in [0.05, 0.1) is 0 Å². The van der Waals surface area contributed by atoms with Crippen molar-refractivity contribution in [2.24, 2.45) is 0 Å². The van der Waals surface area contributed by atoms with Crippen LogP contribution in [0.5, 0.6) is 0 Å². The molecule has 0 unspecified atom stereocenters. The fourth-order valence-corrected chi connectivity index (χ4v) is 2.44. The second-order valence-corrected chi connectivity index (χ2v) is 5.37. The van der Waals surface area contributed by atoms with Crippen LogP contribution in [0.4, 0.5) is 0 Å². The lowest BCUT2D eigenvalue weighted by Crippen LogP contribution is -2.41. The smallest absolute Gasteiger partial charge is 0.0235 e. The number of halogens is 1. The molecule has 0 aliphatic heterocycles. The first-order chi connectivity index (χ1) is 6.88. The van der Waals surface area contributed by atoms with Crippen LogP contribution in [0.3, 0.4) is 0 Å². The zero-order chi connectivity index (χ0) is 10.2. The summed E-state index contributed by atoms with van der Waals surface area (Å²) in [6.07, 6.45) is 8.94. The van der Waals surface area contributed by atoms with Crippen molar-refractivity contribution in [2.45, 2.75) is 38.1 Å². The van der Waals surface area contributed by atoms with E-state index < -0.39 is 0 Å². The number of rotatable bonds is 8. The fourth-order valence-electron chi connectivity index (χ4n) is 1.90. The Hall–Kier alpha value is 0.600. The van der Waals surface area contributed by atoms with Crippen LogP contribution in [0.1, 0.15) is 32.1 Å². The predicted molar refractivity (Wildman–Crippen MR) is 67.5 cm³/mol. The lowest BCUT2D eigenvalue weighted by Gasteiger charge is -2.37. The van der Waals surface area contributed by atoms with Crippen molar-refractivity contribution in [3.05, 3.63) is 0 Å². The van der Waals surface area contributed by atoms with Crippen LogP contribution in [0.2, 0.25) is 0 Å². The van der Waals surface area contributed by atoms with Crippen LogP contribution < -0.4 is 0 Å². The molecule has 0 atom stereocenters. The topological polar surface area (TPSA) is 3.24 Å². The summed E-state index contributed by atoms with van der Waals surface area (Å²) in [6, 6.07) is 0.889. The summed E-state index contributed by atoms with van der Waals surface area (Å²) in [6.45, 7) is 2.49. The Morgan fingerprint density at radius 2 is 2.00 bits per heavy atom. The summed E-state index contributed by atoms with van der Waals surface area (Å²) in [5, 5.41) is 0. The molecule has 0 spiro atoms. The fraction of sp³-hybridized carbons (Fsp3) is 1.00. The maximum absolute atomic E-state index is 5.74. The molecular formula is C11H22ClNS. The largest absolute Gasteiger partial charge is 0.300 e. The van der Waals surface area contributed by atoms with E-state index in [1.54, 1.807) is 0 Å². The van der Waals surface area contributed by atoms with Gasteiger partial charge < -0.3 is 4.90 Å². The maximum Gasteiger partial charge on any atom is 0.0235 e. The van der Waals surface area contributed by atoms with Crippen molar-refractivity contribution in [3.8, 4) is 0 Å². The molecule has 0 amide bonds. The van der Waals surface area contributed by atoms with Gasteiger partial charge in [-0.2, -0.15) is 11.8 Å². The van der Waals surface area contributed by atoms with E-state index >= 15 is 0 Å². The van der Waals surface area contributed by atoms with Crippen LogP contribution >= 0.6 is 23.4 Å². The minimum absolute atomic E-state index is 0.811. The molecule has 0 radical (unpaired) electrons. The van der Waals surface area contributed by atoms with Gasteiger partial charge in [0, 0.05) is 11.9 Å². The van der Waals surface area contributed by atoms with Gasteiger partial charge in [-0.1, -0.05) is 6.42 Å². The van der Waals surface area contributed by atoms with Gasteiger partial charge in [-0.15, -0.1) is 11.6 Å². The Labute approximate surface area is 97.6 Å². The minimum Gasteiger partial charge on any atom is -0.300 e. The summed E-state index contributed by atoms with van der Waals surface area (Å²) < 4.78 is 0. The van der Waals surface area contributed by atoms with Crippen LogP contribution in [-0.4, -0.2) is 41.9 Å². The van der Waals surface area contributed by atoms with Crippen molar-refractivity contribution in [2.75, 3.05) is 31.0 Å². The normalized spacial score (nSPS) is 17.4. The van der Waals surface area contributed by atoms with E-state index in [1.165, 1.54) is 44.5 Å². The lowest BCUT2D eigenvalue weighted by atomic mass is 9.91. The molecule has 1 saturated carbocycles. The van der Waals surface area contributed by atoms with Gasteiger partial charge in [0.1, 0.15) is 0 Å². The van der Waals surface area contributed by atoms with Gasteiger partial charge in [-0.05, 0) is 50.8 Å². The monoisotopic (exact) mass is 235 g/mol.